The molecule has 0 spiro atoms. The van der Waals surface area contributed by atoms with Crippen LogP contribution in [0.15, 0.2) is 91.3 Å². The number of rotatable bonds is 7. The summed E-state index contributed by atoms with van der Waals surface area (Å²) in [6, 6.07) is 24.8. The Morgan fingerprint density at radius 1 is 0.814 bits per heavy atom. The Kier molecular flexibility index (Phi) is 13.8. The van der Waals surface area contributed by atoms with Crippen LogP contribution in [0.2, 0.25) is 20.1 Å². The summed E-state index contributed by atoms with van der Waals surface area (Å²) in [5.41, 5.74) is 6.20. The fraction of sp³-hybridized carbons (Fsp3) is 0.0667. The summed E-state index contributed by atoms with van der Waals surface area (Å²) in [4.78, 5) is 13.1. The number of benzene rings is 4. The summed E-state index contributed by atoms with van der Waals surface area (Å²) in [5.74, 6) is 3.21. The molecule has 0 saturated heterocycles. The van der Waals surface area contributed by atoms with Gasteiger partial charge in [0.05, 0.1) is 5.04 Å². The first kappa shape index (κ1) is 33.9. The molecule has 1 heterocycles. The van der Waals surface area contributed by atoms with Crippen molar-refractivity contribution >= 4 is 69.5 Å². The van der Waals surface area contributed by atoms with Gasteiger partial charge in [-0.2, -0.15) is 5.10 Å². The Bertz CT molecular complexity index is 1620. The first-order valence-corrected chi connectivity index (χ1v) is 15.0. The van der Waals surface area contributed by atoms with Gasteiger partial charge in [-0.15, -0.1) is 11.8 Å². The summed E-state index contributed by atoms with van der Waals surface area (Å²) in [6.45, 7) is 0.139. The number of aromatic nitrogens is 3. The highest BCUT2D eigenvalue weighted by Crippen LogP contribution is 2.31. The van der Waals surface area contributed by atoms with E-state index in [4.69, 9.17) is 66.1 Å². The molecule has 0 radical (unpaired) electrons. The molecule has 1 aromatic heterocycles. The maximum absolute atomic E-state index is 9.05. The molecule has 4 aromatic carbocycles. The van der Waals surface area contributed by atoms with E-state index in [0.29, 0.717) is 60.2 Å². The molecule has 43 heavy (non-hydrogen) atoms. The van der Waals surface area contributed by atoms with Crippen molar-refractivity contribution in [2.24, 2.45) is 5.73 Å². The van der Waals surface area contributed by atoms with Gasteiger partial charge in [0, 0.05) is 37.8 Å². The third kappa shape index (κ3) is 11.6. The summed E-state index contributed by atoms with van der Waals surface area (Å²) in [7, 11) is 0. The fourth-order valence-corrected chi connectivity index (χ4v) is 4.31. The molecule has 4 N–H and O–H groups in total. The lowest BCUT2D eigenvalue weighted by Crippen LogP contribution is -1.97. The number of carbonyl (C=O) groups is 1. The molecule has 13 heteroatoms. The summed E-state index contributed by atoms with van der Waals surface area (Å²) >= 11 is 25.1. The Balaban J connectivity index is 0.000000210. The molecule has 0 unspecified atom stereocenters. The molecule has 8 nitrogen and oxygen atoms in total. The van der Waals surface area contributed by atoms with E-state index in [-0.39, 0.29) is 6.54 Å². The molecule has 0 bridgehead atoms. The summed E-state index contributed by atoms with van der Waals surface area (Å²) < 4.78 is 11.4. The normalized spacial score (nSPS) is 10.0. The third-order valence-electron chi connectivity index (χ3n) is 5.09. The van der Waals surface area contributed by atoms with Crippen molar-refractivity contribution in [2.45, 2.75) is 0 Å². The average molecular weight is 677 g/mol. The number of nitrogens with two attached hydrogens (primary N) is 1. The van der Waals surface area contributed by atoms with E-state index in [1.807, 2.05) is 12.3 Å². The Hall–Kier alpha value is -3.57. The van der Waals surface area contributed by atoms with E-state index in [1.165, 1.54) is 18.1 Å². The first-order chi connectivity index (χ1) is 20.7. The van der Waals surface area contributed by atoms with Gasteiger partial charge in [0.2, 0.25) is 0 Å². The fourth-order valence-electron chi connectivity index (χ4n) is 3.25. The van der Waals surface area contributed by atoms with Crippen LogP contribution >= 0.6 is 58.2 Å². The number of aromatic amines is 1. The number of H-pyrrole nitrogens is 1. The van der Waals surface area contributed by atoms with Crippen LogP contribution in [0.1, 0.15) is 5.56 Å². The van der Waals surface area contributed by atoms with Gasteiger partial charge in [0.25, 0.3) is 0 Å². The Labute approximate surface area is 272 Å². The maximum atomic E-state index is 9.05. The maximum Gasteiger partial charge on any atom is 0.155 e. The second kappa shape index (κ2) is 17.5. The number of thioether (sulfide) groups is 1. The molecule has 5 aromatic rings. The molecule has 0 aliphatic carbocycles. The standard InChI is InChI=1S/C14H9Cl2N3O.C14H11Cl2NOS.C2H5NO/c15-10-1-3-12(4-2-10)20-13-6-9(5-11(16)7-13)14-17-8-18-19-14;1-19-14(17)9-6-11(16)8-13(7-9)18-12-4-2-10(15)3-5-12;3-1-2-4/h1-8H,(H,17,18,19);2-8,17H,1H3;2H,1,3H2. The predicted molar refractivity (Wildman–Crippen MR) is 177 cm³/mol. The van der Waals surface area contributed by atoms with Crippen molar-refractivity contribution in [3.63, 3.8) is 0 Å². The van der Waals surface area contributed by atoms with Crippen LogP contribution in [-0.2, 0) is 4.79 Å². The van der Waals surface area contributed by atoms with Gasteiger partial charge in [0.1, 0.15) is 35.6 Å². The molecule has 0 saturated carbocycles. The molecule has 0 amide bonds. The smallest absolute Gasteiger partial charge is 0.155 e. The molecule has 0 aliphatic heterocycles. The van der Waals surface area contributed by atoms with Gasteiger partial charge in [0.15, 0.2) is 5.82 Å². The Morgan fingerprint density at radius 2 is 1.33 bits per heavy atom. The van der Waals surface area contributed by atoms with Crippen LogP contribution in [-0.4, -0.2) is 39.3 Å². The van der Waals surface area contributed by atoms with Crippen molar-refractivity contribution in [1.29, 1.82) is 5.41 Å². The highest BCUT2D eigenvalue weighted by molar-refractivity contribution is 8.13. The first-order valence-electron chi connectivity index (χ1n) is 12.3. The zero-order valence-electron chi connectivity index (χ0n) is 22.6. The second-order valence-electron chi connectivity index (χ2n) is 8.23. The highest BCUT2D eigenvalue weighted by Gasteiger charge is 2.08. The van der Waals surface area contributed by atoms with Crippen molar-refractivity contribution < 1.29 is 14.3 Å². The van der Waals surface area contributed by atoms with E-state index in [2.05, 4.69) is 20.9 Å². The van der Waals surface area contributed by atoms with E-state index in [9.17, 15) is 0 Å². The summed E-state index contributed by atoms with van der Waals surface area (Å²) in [6.07, 6.45) is 3.94. The number of halogens is 4. The van der Waals surface area contributed by atoms with Gasteiger partial charge >= 0.3 is 0 Å². The van der Waals surface area contributed by atoms with Crippen LogP contribution < -0.4 is 15.2 Å². The number of hydrogen-bond donors (Lipinski definition) is 3. The van der Waals surface area contributed by atoms with E-state index < -0.39 is 0 Å². The van der Waals surface area contributed by atoms with Crippen LogP contribution in [0.25, 0.3) is 11.4 Å². The molecule has 0 fully saturated rings. The molecular weight excluding hydrogens is 652 g/mol. The van der Waals surface area contributed by atoms with E-state index in [1.54, 1.807) is 78.9 Å². The van der Waals surface area contributed by atoms with Crippen LogP contribution in [0, 0.1) is 5.41 Å². The minimum absolute atomic E-state index is 0.139. The lowest BCUT2D eigenvalue weighted by molar-refractivity contribution is -0.106. The van der Waals surface area contributed by atoms with Crippen LogP contribution in [0.5, 0.6) is 23.0 Å². The van der Waals surface area contributed by atoms with E-state index >= 15 is 0 Å². The number of nitrogens with one attached hydrogen (secondary N) is 2. The van der Waals surface area contributed by atoms with Crippen molar-refractivity contribution in [3.05, 3.63) is 117 Å². The zero-order chi connectivity index (χ0) is 31.2. The van der Waals surface area contributed by atoms with Crippen molar-refractivity contribution in [3.8, 4) is 34.4 Å². The molecule has 0 atom stereocenters. The zero-order valence-corrected chi connectivity index (χ0v) is 26.4. The predicted octanol–water partition coefficient (Wildman–Crippen LogP) is 9.19. The van der Waals surface area contributed by atoms with Crippen molar-refractivity contribution in [1.82, 2.24) is 15.2 Å². The second-order valence-corrected chi connectivity index (χ2v) is 10.8. The van der Waals surface area contributed by atoms with E-state index in [0.717, 1.165) is 11.1 Å². The van der Waals surface area contributed by atoms with Gasteiger partial charge in [-0.25, -0.2) is 4.98 Å². The SMILES string of the molecule is CSC(=N)c1cc(Cl)cc(Oc2ccc(Cl)cc2)c1.Clc1ccc(Oc2cc(Cl)cc(-c3ncn[nH]3)c2)cc1.NCC=O. The number of ether oxygens (including phenoxy) is 2. The van der Waals surface area contributed by atoms with Gasteiger partial charge < -0.3 is 20.0 Å². The van der Waals surface area contributed by atoms with Gasteiger partial charge in [-0.1, -0.05) is 46.4 Å². The molecule has 5 rings (SSSR count). The number of carbonyl (C=O) groups excluding carboxylic acids is 1. The van der Waals surface area contributed by atoms with Crippen LogP contribution in [0.4, 0.5) is 0 Å². The summed E-state index contributed by atoms with van der Waals surface area (Å²) in [5, 5.41) is 17.3. The quantitative estimate of drug-likeness (QED) is 0.0891. The third-order valence-corrected chi connectivity index (χ3v) is 6.68. The van der Waals surface area contributed by atoms with Gasteiger partial charge in [-0.3, -0.25) is 10.5 Å². The monoisotopic (exact) mass is 675 g/mol. The lowest BCUT2D eigenvalue weighted by Gasteiger charge is -2.09. The number of aldehydes is 1. The molecule has 222 valence electrons. The average Bonchev–Trinajstić information content (AvgIpc) is 3.54. The minimum Gasteiger partial charge on any atom is -0.457 e. The minimum atomic E-state index is 0.139. The number of nitrogens with zero attached hydrogens (tertiary/aromatic N) is 2. The Morgan fingerprint density at radius 3 is 1.79 bits per heavy atom. The lowest BCUT2D eigenvalue weighted by atomic mass is 10.2. The topological polar surface area (TPSA) is 127 Å². The van der Waals surface area contributed by atoms with Crippen LogP contribution in [0.3, 0.4) is 0 Å². The molecular formula is C30H25Cl4N5O3S. The largest absolute Gasteiger partial charge is 0.457 e. The van der Waals surface area contributed by atoms with Crippen molar-refractivity contribution in [2.75, 3.05) is 12.8 Å². The van der Waals surface area contributed by atoms with Gasteiger partial charge in [-0.05, 0) is 91.2 Å². The number of hydrogen-bond acceptors (Lipinski definition) is 8. The highest BCUT2D eigenvalue weighted by atomic mass is 35.5. The molecule has 0 aliphatic rings.